The van der Waals surface area contributed by atoms with Crippen LogP contribution in [-0.4, -0.2) is 111 Å². The number of hydrogen-bond donors (Lipinski definition) is 5. The van der Waals surface area contributed by atoms with Gasteiger partial charge in [-0.3, -0.25) is 32.1 Å². The first kappa shape index (κ1) is 30.5. The zero-order valence-corrected chi connectivity index (χ0v) is 25.2. The maximum Gasteiger partial charge on any atom is 0.472 e. The van der Waals surface area contributed by atoms with Gasteiger partial charge in [-0.05, 0) is 6.92 Å². The largest absolute Gasteiger partial charge is 0.472 e. The molecular weight excluding hydrogens is 644 g/mol. The predicted molar refractivity (Wildman–Crippen MR) is 147 cm³/mol. The molecule has 10 atom stereocenters. The summed E-state index contributed by atoms with van der Waals surface area (Å²) in [6.45, 7) is 1.41. The molecule has 3 fully saturated rings. The van der Waals surface area contributed by atoms with Crippen molar-refractivity contribution < 1.29 is 51.8 Å². The number of aromatic amines is 1. The van der Waals surface area contributed by atoms with E-state index in [1.54, 1.807) is 6.92 Å². The van der Waals surface area contributed by atoms with Gasteiger partial charge in [0.25, 0.3) is 5.56 Å². The average molecular weight is 671 g/mol. The zero-order valence-electron chi connectivity index (χ0n) is 23.4. The Morgan fingerprint density at radius 1 is 0.911 bits per heavy atom. The molecule has 6 N–H and O–H groups in total. The van der Waals surface area contributed by atoms with E-state index in [1.165, 1.54) is 28.1 Å². The lowest BCUT2D eigenvalue weighted by atomic mass is 10.1. The fourth-order valence-corrected chi connectivity index (χ4v) is 7.61. The molecule has 0 amide bonds. The van der Waals surface area contributed by atoms with Crippen LogP contribution >= 0.6 is 15.4 Å². The van der Waals surface area contributed by atoms with Crippen LogP contribution in [-0.2, 0) is 36.7 Å². The molecule has 0 aliphatic carbocycles. The minimum absolute atomic E-state index is 0.0342. The third kappa shape index (κ3) is 5.38. The number of hydrogen-bond acceptors (Lipinski definition) is 17. The summed E-state index contributed by atoms with van der Waals surface area (Å²) in [5.74, 6) is 0.339. The number of nitrogens with one attached hydrogen (secondary N) is 1. The second kappa shape index (κ2) is 11.0. The van der Waals surface area contributed by atoms with Crippen molar-refractivity contribution in [2.75, 3.05) is 25.6 Å². The Hall–Kier alpha value is -3.20. The topological polar surface area (TPSA) is 283 Å². The number of anilines is 1. The second-order valence-electron chi connectivity index (χ2n) is 10.6. The maximum atomic E-state index is 13.6. The van der Waals surface area contributed by atoms with Crippen molar-refractivity contribution in [2.45, 2.75) is 56.0 Å². The number of ether oxygens (including phenoxy) is 2. The third-order valence-corrected chi connectivity index (χ3v) is 9.78. The minimum atomic E-state index is -4.99. The van der Waals surface area contributed by atoms with Gasteiger partial charge < -0.3 is 39.8 Å². The Labute approximate surface area is 251 Å². The Balaban J connectivity index is 1.21. The fourth-order valence-electron chi connectivity index (χ4n) is 5.50. The van der Waals surface area contributed by atoms with Gasteiger partial charge in [-0.2, -0.15) is 0 Å². The minimum Gasteiger partial charge on any atom is -0.387 e. The summed E-state index contributed by atoms with van der Waals surface area (Å²) < 4.78 is 63.2. The molecule has 242 valence electrons. The highest BCUT2D eigenvalue weighted by Gasteiger charge is 2.53. The number of aromatic nitrogens is 8. The Kier molecular flexibility index (Phi) is 7.42. The van der Waals surface area contributed by atoms with Gasteiger partial charge in [0.2, 0.25) is 0 Å². The summed E-state index contributed by atoms with van der Waals surface area (Å²) in [5.41, 5.74) is 5.80. The summed E-state index contributed by atoms with van der Waals surface area (Å²) in [6, 6.07) is 0. The lowest BCUT2D eigenvalue weighted by Crippen LogP contribution is -2.36. The van der Waals surface area contributed by atoms with Crippen LogP contribution in [0.4, 0.5) is 5.82 Å². The normalized spacial score (nSPS) is 37.7. The number of nitrogens with two attached hydrogens (primary N) is 1. The number of phosphoric acid groups is 1. The van der Waals surface area contributed by atoms with Crippen LogP contribution in [0.5, 0.6) is 0 Å². The van der Waals surface area contributed by atoms with E-state index in [4.69, 9.17) is 33.3 Å². The van der Waals surface area contributed by atoms with Gasteiger partial charge in [-0.1, -0.05) is 0 Å². The number of aliphatic hydroxyl groups excluding tert-OH is 2. The summed E-state index contributed by atoms with van der Waals surface area (Å²) in [4.78, 5) is 46.1. The van der Waals surface area contributed by atoms with E-state index >= 15 is 0 Å². The van der Waals surface area contributed by atoms with Crippen molar-refractivity contribution in [1.29, 1.82) is 0 Å². The van der Waals surface area contributed by atoms with Crippen LogP contribution < -0.4 is 11.3 Å². The van der Waals surface area contributed by atoms with Crippen LogP contribution in [0.2, 0.25) is 0 Å². The average Bonchev–Trinajstić information content (AvgIpc) is 3.72. The number of imidazole rings is 2. The molecule has 7 heterocycles. The van der Waals surface area contributed by atoms with Crippen LogP contribution in [0.15, 0.2) is 23.8 Å². The first-order chi connectivity index (χ1) is 21.3. The molecule has 3 aliphatic rings. The predicted octanol–water partition coefficient (Wildman–Crippen LogP) is -0.893. The number of aliphatic hydroxyl groups is 2. The van der Waals surface area contributed by atoms with Gasteiger partial charge >= 0.3 is 15.4 Å². The van der Waals surface area contributed by atoms with Crippen molar-refractivity contribution >= 4 is 43.6 Å². The van der Waals surface area contributed by atoms with Crippen molar-refractivity contribution in [3.8, 4) is 0 Å². The summed E-state index contributed by atoms with van der Waals surface area (Å²) in [5, 5.41) is 22.3. The first-order valence-electron chi connectivity index (χ1n) is 13.4. The van der Waals surface area contributed by atoms with Gasteiger partial charge in [-0.25, -0.2) is 29.5 Å². The van der Waals surface area contributed by atoms with E-state index in [9.17, 15) is 29.0 Å². The highest BCUT2D eigenvalue weighted by Crippen LogP contribution is 2.54. The van der Waals surface area contributed by atoms with Crippen LogP contribution in [0.3, 0.4) is 0 Å². The van der Waals surface area contributed by atoms with Crippen molar-refractivity contribution in [3.63, 3.8) is 0 Å². The molecule has 4 aromatic heterocycles. The number of phosphoric ester groups is 1. The van der Waals surface area contributed by atoms with Gasteiger partial charge in [0.05, 0.1) is 25.9 Å². The molecule has 0 spiro atoms. The monoisotopic (exact) mass is 671 g/mol. The highest BCUT2D eigenvalue weighted by molar-refractivity contribution is 7.53. The van der Waals surface area contributed by atoms with Gasteiger partial charge in [-0.15, -0.1) is 0 Å². The quantitative estimate of drug-likeness (QED) is 0.161. The number of fused-ring (bicyclic) bond motifs is 5. The lowest BCUT2D eigenvalue weighted by Gasteiger charge is -2.26. The third-order valence-electron chi connectivity index (χ3n) is 7.55. The molecule has 0 saturated carbocycles. The second-order valence-corrected chi connectivity index (χ2v) is 14.1. The molecule has 3 aliphatic heterocycles. The van der Waals surface area contributed by atoms with Crippen LogP contribution in [0.1, 0.15) is 18.3 Å². The van der Waals surface area contributed by atoms with Crippen LogP contribution in [0, 0.1) is 6.92 Å². The van der Waals surface area contributed by atoms with Crippen molar-refractivity contribution in [1.82, 2.24) is 39.0 Å². The van der Waals surface area contributed by atoms with E-state index in [2.05, 4.69) is 29.9 Å². The van der Waals surface area contributed by atoms with E-state index in [-0.39, 0.29) is 34.0 Å². The Bertz CT molecular complexity index is 1930. The smallest absolute Gasteiger partial charge is 0.387 e. The van der Waals surface area contributed by atoms with Gasteiger partial charge in [0.1, 0.15) is 54.3 Å². The summed E-state index contributed by atoms with van der Waals surface area (Å²) in [7, 11) is -9.07. The molecule has 4 unspecified atom stereocenters. The molecule has 0 radical (unpaired) electrons. The summed E-state index contributed by atoms with van der Waals surface area (Å²) in [6.07, 6.45) is -7.66. The molecule has 21 nitrogen and oxygen atoms in total. The molecule has 7 rings (SSSR count). The SMILES string of the molecule is Cc1nc2c(ncn2[C@@H]2O[C@@H]3COP(=O)(O)O[C@@H]4C(O)[C@H](n5cnc6c(N)ncnc65)O[C@@H]4COP(C)(=O)OC2[C@H]3O)c(=O)[nH]1. The number of nitrogens with zero attached hydrogens (tertiary/aromatic N) is 7. The molecule has 4 aromatic rings. The molecule has 45 heavy (non-hydrogen) atoms. The van der Waals surface area contributed by atoms with Crippen LogP contribution in [0.25, 0.3) is 22.3 Å². The van der Waals surface area contributed by atoms with Gasteiger partial charge in [0, 0.05) is 6.66 Å². The zero-order chi connectivity index (χ0) is 31.8. The lowest BCUT2D eigenvalue weighted by molar-refractivity contribution is -0.0628. The van der Waals surface area contributed by atoms with Crippen molar-refractivity contribution in [2.24, 2.45) is 0 Å². The van der Waals surface area contributed by atoms with E-state index in [1.807, 2.05) is 0 Å². The number of nitrogen functional groups attached to an aromatic ring is 1. The van der Waals surface area contributed by atoms with E-state index < -0.39 is 83.3 Å². The first-order valence-corrected chi connectivity index (χ1v) is 16.9. The fraction of sp³-hybridized carbons (Fsp3) is 0.545. The number of H-pyrrole nitrogens is 1. The number of aryl methyl sites for hydroxylation is 1. The Morgan fingerprint density at radius 2 is 1.60 bits per heavy atom. The molecular formula is C22H27N9O12P2. The van der Waals surface area contributed by atoms with E-state index in [0.717, 1.165) is 6.66 Å². The molecule has 0 aromatic carbocycles. The van der Waals surface area contributed by atoms with Gasteiger partial charge in [0.15, 0.2) is 35.1 Å². The number of rotatable bonds is 2. The molecule has 2 bridgehead atoms. The summed E-state index contributed by atoms with van der Waals surface area (Å²) >= 11 is 0. The molecule has 3 saturated heterocycles. The van der Waals surface area contributed by atoms with Crippen molar-refractivity contribution in [3.05, 3.63) is 35.2 Å². The highest BCUT2D eigenvalue weighted by atomic mass is 31.2. The van der Waals surface area contributed by atoms with E-state index in [0.29, 0.717) is 0 Å². The maximum absolute atomic E-state index is 13.6. The standard InChI is InChI=1S/C22H27N9O12P2/c1-8-28-19-12(20(34)29-8)27-7-31(19)22-16-13(32)9(40-22)3-39-45(36,37)43-15-10(4-38-44(2,35)42-16)41-21(14(15)33)30-6-26-11-17(23)24-5-25-18(11)30/h5-7,9-10,13-16,21-22,32-33H,3-4H2,1-2H3,(H,36,37)(H2,23,24,25)(H,28,29,34)/t9-,10-,13+,14?,15+,16?,21-,22-,44?/m1/s1. The Morgan fingerprint density at radius 3 is 2.38 bits per heavy atom. The molecule has 23 heteroatoms.